The van der Waals surface area contributed by atoms with Crippen LogP contribution in [0.3, 0.4) is 0 Å². The number of rotatable bonds is 2. The molecule has 2 aromatic rings. The monoisotopic (exact) mass is 308 g/mol. The second-order valence-corrected chi connectivity index (χ2v) is 5.45. The molecule has 96 valence electrons. The summed E-state index contributed by atoms with van der Waals surface area (Å²) in [5.41, 5.74) is 5.27. The summed E-state index contributed by atoms with van der Waals surface area (Å²) in [6.45, 7) is 7.91. The summed E-state index contributed by atoms with van der Waals surface area (Å²) < 4.78 is 2.87. The fourth-order valence-electron chi connectivity index (χ4n) is 1.91. The van der Waals surface area contributed by atoms with Crippen LogP contribution in [0.15, 0.2) is 22.7 Å². The highest BCUT2D eigenvalue weighted by Gasteiger charge is 2.12. The van der Waals surface area contributed by atoms with E-state index >= 15 is 0 Å². The Kier molecular flexibility index (Phi) is 3.59. The lowest BCUT2D eigenvalue weighted by Crippen LogP contribution is -2.01. The van der Waals surface area contributed by atoms with Gasteiger partial charge in [0.15, 0.2) is 0 Å². The fraction of sp³-hybridized carbons (Fsp3) is 0.357. The van der Waals surface area contributed by atoms with Gasteiger partial charge in [0.1, 0.15) is 0 Å². The van der Waals surface area contributed by atoms with Gasteiger partial charge < -0.3 is 5.11 Å². The maximum atomic E-state index is 9.57. The van der Waals surface area contributed by atoms with Crippen molar-refractivity contribution < 1.29 is 5.11 Å². The smallest absolute Gasteiger partial charge is 0.0791 e. The highest BCUT2D eigenvalue weighted by molar-refractivity contribution is 9.10. The molecule has 1 N–H and O–H groups in total. The maximum Gasteiger partial charge on any atom is 0.0791 e. The van der Waals surface area contributed by atoms with Crippen LogP contribution < -0.4 is 0 Å². The average molecular weight is 309 g/mol. The number of aliphatic hydroxyl groups excluding tert-OH is 1. The quantitative estimate of drug-likeness (QED) is 0.920. The molecule has 0 fully saturated rings. The standard InChI is InChI=1S/C14H17BrN2O/c1-8-9(2)16-17(10(8)3)14-6-5-12(11(4)18)7-13(14)15/h5-7,11,18H,1-4H3. The van der Waals surface area contributed by atoms with Crippen LogP contribution in [0, 0.1) is 20.8 Å². The molecule has 0 aliphatic carbocycles. The van der Waals surface area contributed by atoms with E-state index in [4.69, 9.17) is 0 Å². The average Bonchev–Trinajstić information content (AvgIpc) is 2.57. The molecule has 18 heavy (non-hydrogen) atoms. The number of aromatic nitrogens is 2. The first-order valence-electron chi connectivity index (χ1n) is 5.92. The third-order valence-corrected chi connectivity index (χ3v) is 3.97. The molecular weight excluding hydrogens is 292 g/mol. The van der Waals surface area contributed by atoms with Gasteiger partial charge in [-0.15, -0.1) is 0 Å². The van der Waals surface area contributed by atoms with Gasteiger partial charge in [-0.25, -0.2) is 4.68 Å². The minimum Gasteiger partial charge on any atom is -0.389 e. The van der Waals surface area contributed by atoms with Crippen molar-refractivity contribution >= 4 is 15.9 Å². The Morgan fingerprint density at radius 3 is 2.39 bits per heavy atom. The molecule has 4 heteroatoms. The molecule has 0 saturated heterocycles. The summed E-state index contributed by atoms with van der Waals surface area (Å²) in [5, 5.41) is 14.1. The highest BCUT2D eigenvalue weighted by atomic mass is 79.9. The highest BCUT2D eigenvalue weighted by Crippen LogP contribution is 2.27. The second-order valence-electron chi connectivity index (χ2n) is 4.59. The van der Waals surface area contributed by atoms with E-state index in [1.54, 1.807) is 6.92 Å². The number of hydrogen-bond donors (Lipinski definition) is 1. The van der Waals surface area contributed by atoms with Crippen LogP contribution in [0.25, 0.3) is 5.69 Å². The second kappa shape index (κ2) is 4.86. The summed E-state index contributed by atoms with van der Waals surface area (Å²) in [4.78, 5) is 0. The van der Waals surface area contributed by atoms with Gasteiger partial charge in [-0.05, 0) is 66.9 Å². The third-order valence-electron chi connectivity index (χ3n) is 3.34. The maximum absolute atomic E-state index is 9.57. The lowest BCUT2D eigenvalue weighted by molar-refractivity contribution is 0.199. The first-order valence-corrected chi connectivity index (χ1v) is 6.72. The van der Waals surface area contributed by atoms with Crippen LogP contribution in [0.1, 0.15) is 35.5 Å². The van der Waals surface area contributed by atoms with Gasteiger partial charge >= 0.3 is 0 Å². The molecule has 1 unspecified atom stereocenters. The Morgan fingerprint density at radius 1 is 1.28 bits per heavy atom. The molecule has 0 aliphatic rings. The van der Waals surface area contributed by atoms with Gasteiger partial charge in [0.2, 0.25) is 0 Å². The molecule has 1 heterocycles. The van der Waals surface area contributed by atoms with Crippen molar-refractivity contribution in [2.24, 2.45) is 0 Å². The van der Waals surface area contributed by atoms with E-state index in [9.17, 15) is 5.11 Å². The molecule has 0 aliphatic heterocycles. The number of aliphatic hydroxyl groups is 1. The lowest BCUT2D eigenvalue weighted by Gasteiger charge is -2.11. The number of nitrogens with zero attached hydrogens (tertiary/aromatic N) is 2. The van der Waals surface area contributed by atoms with E-state index in [0.717, 1.165) is 27.1 Å². The van der Waals surface area contributed by atoms with E-state index in [1.807, 2.05) is 29.8 Å². The minimum absolute atomic E-state index is 0.461. The molecule has 2 rings (SSSR count). The van der Waals surface area contributed by atoms with Crippen LogP contribution in [-0.4, -0.2) is 14.9 Å². The van der Waals surface area contributed by atoms with Crippen molar-refractivity contribution in [3.05, 3.63) is 45.2 Å². The summed E-state index contributed by atoms with van der Waals surface area (Å²) >= 11 is 3.55. The van der Waals surface area contributed by atoms with Crippen LogP contribution in [-0.2, 0) is 0 Å². The molecule has 1 aromatic carbocycles. The van der Waals surface area contributed by atoms with Crippen molar-refractivity contribution in [1.29, 1.82) is 0 Å². The van der Waals surface area contributed by atoms with Crippen molar-refractivity contribution in [2.45, 2.75) is 33.8 Å². The van der Waals surface area contributed by atoms with Crippen molar-refractivity contribution in [3.8, 4) is 5.69 Å². The summed E-state index contributed by atoms with van der Waals surface area (Å²) in [5.74, 6) is 0. The first-order chi connectivity index (χ1) is 8.41. The predicted octanol–water partition coefficient (Wildman–Crippen LogP) is 3.61. The summed E-state index contributed by atoms with van der Waals surface area (Å²) in [6.07, 6.45) is -0.461. The number of hydrogen-bond acceptors (Lipinski definition) is 2. The third kappa shape index (κ3) is 2.22. The van der Waals surface area contributed by atoms with Gasteiger partial charge in [0, 0.05) is 10.2 Å². The first kappa shape index (κ1) is 13.3. The van der Waals surface area contributed by atoms with Crippen molar-refractivity contribution in [3.63, 3.8) is 0 Å². The zero-order valence-corrected chi connectivity index (χ0v) is 12.6. The lowest BCUT2D eigenvalue weighted by atomic mass is 10.1. The molecule has 0 bridgehead atoms. The summed E-state index contributed by atoms with van der Waals surface area (Å²) in [7, 11) is 0. The number of halogens is 1. The molecule has 0 saturated carbocycles. The van der Waals surface area contributed by atoms with E-state index < -0.39 is 6.10 Å². The zero-order chi connectivity index (χ0) is 13.4. The van der Waals surface area contributed by atoms with Gasteiger partial charge in [-0.1, -0.05) is 6.07 Å². The topological polar surface area (TPSA) is 38.0 Å². The Morgan fingerprint density at radius 2 is 1.94 bits per heavy atom. The molecular formula is C14H17BrN2O. The van der Waals surface area contributed by atoms with Gasteiger partial charge in [0.25, 0.3) is 0 Å². The van der Waals surface area contributed by atoms with Crippen LogP contribution in [0.4, 0.5) is 0 Å². The normalized spacial score (nSPS) is 12.8. The molecule has 0 spiro atoms. The van der Waals surface area contributed by atoms with Crippen LogP contribution >= 0.6 is 15.9 Å². The Labute approximate surface area is 116 Å². The largest absolute Gasteiger partial charge is 0.389 e. The molecule has 1 aromatic heterocycles. The van der Waals surface area contributed by atoms with E-state index in [2.05, 4.69) is 34.9 Å². The molecule has 0 radical (unpaired) electrons. The molecule has 0 amide bonds. The Balaban J connectivity index is 2.54. The number of benzene rings is 1. The van der Waals surface area contributed by atoms with E-state index in [-0.39, 0.29) is 0 Å². The summed E-state index contributed by atoms with van der Waals surface area (Å²) in [6, 6.07) is 5.84. The number of aryl methyl sites for hydroxylation is 1. The van der Waals surface area contributed by atoms with Crippen molar-refractivity contribution in [2.75, 3.05) is 0 Å². The van der Waals surface area contributed by atoms with Crippen LogP contribution in [0.5, 0.6) is 0 Å². The Hall–Kier alpha value is -1.13. The van der Waals surface area contributed by atoms with Gasteiger partial charge in [0.05, 0.1) is 17.5 Å². The SMILES string of the molecule is Cc1nn(-c2ccc(C(C)O)cc2Br)c(C)c1C. The fourth-order valence-corrected chi connectivity index (χ4v) is 2.47. The Bertz CT molecular complexity index is 588. The van der Waals surface area contributed by atoms with E-state index in [0.29, 0.717) is 0 Å². The van der Waals surface area contributed by atoms with Crippen molar-refractivity contribution in [1.82, 2.24) is 9.78 Å². The minimum atomic E-state index is -0.461. The van der Waals surface area contributed by atoms with Crippen LogP contribution in [0.2, 0.25) is 0 Å². The van der Waals surface area contributed by atoms with E-state index in [1.165, 1.54) is 5.56 Å². The molecule has 1 atom stereocenters. The van der Waals surface area contributed by atoms with Gasteiger partial charge in [-0.3, -0.25) is 0 Å². The zero-order valence-electron chi connectivity index (χ0n) is 11.0. The predicted molar refractivity (Wildman–Crippen MR) is 76.1 cm³/mol. The van der Waals surface area contributed by atoms with Gasteiger partial charge in [-0.2, -0.15) is 5.10 Å². The molecule has 3 nitrogen and oxygen atoms in total.